The summed E-state index contributed by atoms with van der Waals surface area (Å²) in [4.78, 5) is 4.34. The van der Waals surface area contributed by atoms with Crippen molar-refractivity contribution in [3.63, 3.8) is 0 Å². The van der Waals surface area contributed by atoms with Crippen LogP contribution < -0.4 is 5.32 Å². The van der Waals surface area contributed by atoms with Crippen molar-refractivity contribution in [3.8, 4) is 0 Å². The number of hydrogen-bond acceptors (Lipinski definition) is 3. The summed E-state index contributed by atoms with van der Waals surface area (Å²) in [6.07, 6.45) is 1.08. The molecular weight excluding hydrogens is 291 g/mol. The number of anilines is 1. The predicted molar refractivity (Wildman–Crippen MR) is 71.7 cm³/mol. The van der Waals surface area contributed by atoms with Gasteiger partial charge in [-0.2, -0.15) is 0 Å². The maximum absolute atomic E-state index is 13.5. The van der Waals surface area contributed by atoms with E-state index >= 15 is 0 Å². The van der Waals surface area contributed by atoms with E-state index < -0.39 is 0 Å². The Morgan fingerprint density at radius 3 is 3.12 bits per heavy atom. The summed E-state index contributed by atoms with van der Waals surface area (Å²) in [5.41, 5.74) is 0.470. The maximum Gasteiger partial charge on any atom is 0.161 e. The van der Waals surface area contributed by atoms with E-state index in [0.29, 0.717) is 10.9 Å². The molecule has 2 nitrogen and oxygen atoms in total. The zero-order valence-corrected chi connectivity index (χ0v) is 11.2. The number of nitrogens with one attached hydrogen (secondary N) is 1. The third-order valence-corrected chi connectivity index (χ3v) is 4.11. The van der Waals surface area contributed by atoms with Crippen LogP contribution in [0.2, 0.25) is 0 Å². The zero-order valence-electron chi connectivity index (χ0n) is 8.84. The monoisotopic (exact) mass is 302 g/mol. The van der Waals surface area contributed by atoms with E-state index in [9.17, 15) is 4.39 Å². The number of halogens is 2. The van der Waals surface area contributed by atoms with Gasteiger partial charge in [0.2, 0.25) is 0 Å². The van der Waals surface area contributed by atoms with Gasteiger partial charge in [-0.05, 0) is 24.6 Å². The lowest BCUT2D eigenvalue weighted by molar-refractivity contribution is 0.632. The molecule has 0 spiro atoms. The van der Waals surface area contributed by atoms with Gasteiger partial charge in [0.1, 0.15) is 5.82 Å². The SMILES string of the molecule is CCC1CN=C(Nc2cc(Br)ccc2F)S1. The molecule has 1 unspecified atom stereocenters. The summed E-state index contributed by atoms with van der Waals surface area (Å²) >= 11 is 4.99. The summed E-state index contributed by atoms with van der Waals surface area (Å²) in [5, 5.41) is 4.36. The molecule has 1 aromatic carbocycles. The Labute approximate surface area is 107 Å². The van der Waals surface area contributed by atoms with Crippen LogP contribution in [0.5, 0.6) is 0 Å². The number of thioether (sulfide) groups is 1. The summed E-state index contributed by atoms with van der Waals surface area (Å²) in [5.74, 6) is -0.258. The fraction of sp³-hybridized carbons (Fsp3) is 0.364. The minimum atomic E-state index is -0.258. The molecule has 0 saturated heterocycles. The Morgan fingerprint density at radius 2 is 2.44 bits per heavy atom. The van der Waals surface area contributed by atoms with Gasteiger partial charge in [0.05, 0.1) is 12.2 Å². The van der Waals surface area contributed by atoms with E-state index in [0.717, 1.165) is 22.6 Å². The lowest BCUT2D eigenvalue weighted by Gasteiger charge is -2.08. The summed E-state index contributed by atoms with van der Waals surface area (Å²) < 4.78 is 14.3. The molecule has 0 aromatic heterocycles. The first-order valence-corrected chi connectivity index (χ1v) is 6.79. The van der Waals surface area contributed by atoms with Gasteiger partial charge in [0, 0.05) is 9.72 Å². The number of amidine groups is 1. The van der Waals surface area contributed by atoms with Crippen LogP contribution in [-0.4, -0.2) is 17.0 Å². The molecular formula is C11H12BrFN2S. The zero-order chi connectivity index (χ0) is 11.5. The summed E-state index contributed by atoms with van der Waals surface area (Å²) in [6, 6.07) is 4.83. The van der Waals surface area contributed by atoms with Gasteiger partial charge in [-0.1, -0.05) is 34.6 Å². The number of hydrogen-bond donors (Lipinski definition) is 1. The Bertz CT molecular complexity index is 422. The second kappa shape index (κ2) is 5.19. The molecule has 1 aliphatic rings. The second-order valence-corrected chi connectivity index (χ2v) is 5.75. The molecule has 5 heteroatoms. The quantitative estimate of drug-likeness (QED) is 0.896. The van der Waals surface area contributed by atoms with Gasteiger partial charge < -0.3 is 5.32 Å². The van der Waals surface area contributed by atoms with Gasteiger partial charge in [-0.3, -0.25) is 4.99 Å². The van der Waals surface area contributed by atoms with Crippen LogP contribution in [0, 0.1) is 5.82 Å². The number of rotatable bonds is 2. The molecule has 16 heavy (non-hydrogen) atoms. The fourth-order valence-corrected chi connectivity index (χ4v) is 2.72. The lowest BCUT2D eigenvalue weighted by atomic mass is 10.3. The Balaban J connectivity index is 2.07. The predicted octanol–water partition coefficient (Wildman–Crippen LogP) is 3.88. The van der Waals surface area contributed by atoms with E-state index in [2.05, 4.69) is 33.2 Å². The first-order valence-electron chi connectivity index (χ1n) is 5.12. The fourth-order valence-electron chi connectivity index (χ4n) is 1.41. The Morgan fingerprint density at radius 1 is 1.62 bits per heavy atom. The van der Waals surface area contributed by atoms with Gasteiger partial charge in [0.25, 0.3) is 0 Å². The number of aliphatic imine (C=N–C) groups is 1. The molecule has 1 aliphatic heterocycles. The molecule has 0 radical (unpaired) electrons. The van der Waals surface area contributed by atoms with Crippen LogP contribution in [0.1, 0.15) is 13.3 Å². The van der Waals surface area contributed by atoms with Crippen molar-refractivity contribution in [2.45, 2.75) is 18.6 Å². The van der Waals surface area contributed by atoms with Crippen molar-refractivity contribution in [2.24, 2.45) is 4.99 Å². The van der Waals surface area contributed by atoms with E-state index in [4.69, 9.17) is 0 Å². The molecule has 86 valence electrons. The minimum Gasteiger partial charge on any atom is -0.333 e. The highest BCUT2D eigenvalue weighted by Gasteiger charge is 2.18. The maximum atomic E-state index is 13.5. The molecule has 0 amide bonds. The normalized spacial score (nSPS) is 19.7. The molecule has 1 atom stereocenters. The summed E-state index contributed by atoms with van der Waals surface area (Å²) in [7, 11) is 0. The van der Waals surface area contributed by atoms with Crippen molar-refractivity contribution < 1.29 is 4.39 Å². The van der Waals surface area contributed by atoms with Gasteiger partial charge in [-0.15, -0.1) is 0 Å². The van der Waals surface area contributed by atoms with Crippen LogP contribution in [0.15, 0.2) is 27.7 Å². The molecule has 0 aliphatic carbocycles. The third-order valence-electron chi connectivity index (χ3n) is 2.34. The smallest absolute Gasteiger partial charge is 0.161 e. The third kappa shape index (κ3) is 2.77. The summed E-state index contributed by atoms with van der Waals surface area (Å²) in [6.45, 7) is 2.95. The van der Waals surface area contributed by atoms with E-state index in [1.165, 1.54) is 6.07 Å². The van der Waals surface area contributed by atoms with Crippen molar-refractivity contribution in [3.05, 3.63) is 28.5 Å². The van der Waals surface area contributed by atoms with Crippen LogP contribution in [0.25, 0.3) is 0 Å². The molecule has 1 heterocycles. The Kier molecular flexibility index (Phi) is 3.86. The van der Waals surface area contributed by atoms with Crippen LogP contribution in [0.4, 0.5) is 10.1 Å². The highest BCUT2D eigenvalue weighted by atomic mass is 79.9. The van der Waals surface area contributed by atoms with Gasteiger partial charge >= 0.3 is 0 Å². The molecule has 1 N–H and O–H groups in total. The second-order valence-electron chi connectivity index (χ2n) is 3.54. The van der Waals surface area contributed by atoms with Crippen LogP contribution in [0.3, 0.4) is 0 Å². The molecule has 2 rings (SSSR count). The Hall–Kier alpha value is -0.550. The average Bonchev–Trinajstić information content (AvgIpc) is 2.71. The molecule has 1 aromatic rings. The van der Waals surface area contributed by atoms with E-state index in [1.807, 2.05) is 0 Å². The van der Waals surface area contributed by atoms with Crippen LogP contribution >= 0.6 is 27.7 Å². The van der Waals surface area contributed by atoms with Gasteiger partial charge in [-0.25, -0.2) is 4.39 Å². The highest BCUT2D eigenvalue weighted by Crippen LogP contribution is 2.26. The lowest BCUT2D eigenvalue weighted by Crippen LogP contribution is -2.08. The standard InChI is InChI=1S/C11H12BrFN2S/c1-2-8-6-14-11(16-8)15-10-5-7(12)3-4-9(10)13/h3-5,8H,2,6H2,1H3,(H,14,15). The first kappa shape index (κ1) is 11.9. The molecule has 0 bridgehead atoms. The first-order chi connectivity index (χ1) is 7.69. The number of nitrogens with zero attached hydrogens (tertiary/aromatic N) is 1. The number of benzene rings is 1. The van der Waals surface area contributed by atoms with E-state index in [-0.39, 0.29) is 5.82 Å². The van der Waals surface area contributed by atoms with Crippen molar-refractivity contribution >= 4 is 38.5 Å². The van der Waals surface area contributed by atoms with Gasteiger partial charge in [0.15, 0.2) is 5.17 Å². The van der Waals surface area contributed by atoms with Crippen molar-refractivity contribution in [1.29, 1.82) is 0 Å². The molecule has 0 fully saturated rings. The minimum absolute atomic E-state index is 0.258. The molecule has 0 saturated carbocycles. The average molecular weight is 303 g/mol. The van der Waals surface area contributed by atoms with Crippen molar-refractivity contribution in [2.75, 3.05) is 11.9 Å². The van der Waals surface area contributed by atoms with Crippen LogP contribution in [-0.2, 0) is 0 Å². The topological polar surface area (TPSA) is 24.4 Å². The van der Waals surface area contributed by atoms with Crippen molar-refractivity contribution in [1.82, 2.24) is 0 Å². The van der Waals surface area contributed by atoms with E-state index in [1.54, 1.807) is 23.9 Å². The highest BCUT2D eigenvalue weighted by molar-refractivity contribution is 9.10. The largest absolute Gasteiger partial charge is 0.333 e.